The zero-order chi connectivity index (χ0) is 20.8. The van der Waals surface area contributed by atoms with Gasteiger partial charge in [0.2, 0.25) is 0 Å². The fraction of sp³-hybridized carbons (Fsp3) is 0.240. The Morgan fingerprint density at radius 2 is 1.93 bits per heavy atom. The Kier molecular flexibility index (Phi) is 6.89. The SMILES string of the molecule is C=CCc1ccc2nc(-c3ccc(/C=C/CCCC(C)O)c(F)c3F)ccc2c1. The molecule has 2 nitrogen and oxygen atoms in total. The summed E-state index contributed by atoms with van der Waals surface area (Å²) in [5.74, 6) is -1.77. The Morgan fingerprint density at radius 1 is 1.10 bits per heavy atom. The minimum Gasteiger partial charge on any atom is -0.393 e. The van der Waals surface area contributed by atoms with Crippen molar-refractivity contribution >= 4 is 17.0 Å². The van der Waals surface area contributed by atoms with Gasteiger partial charge < -0.3 is 5.11 Å². The number of halogens is 2. The molecule has 0 saturated carbocycles. The maximum atomic E-state index is 14.7. The number of hydrogen-bond donors (Lipinski definition) is 1. The highest BCUT2D eigenvalue weighted by molar-refractivity contribution is 5.82. The van der Waals surface area contributed by atoms with Gasteiger partial charge in [0.1, 0.15) is 0 Å². The molecule has 0 bridgehead atoms. The summed E-state index contributed by atoms with van der Waals surface area (Å²) < 4.78 is 29.2. The number of aromatic nitrogens is 1. The number of pyridine rings is 1. The van der Waals surface area contributed by atoms with Crippen molar-refractivity contribution < 1.29 is 13.9 Å². The lowest BCUT2D eigenvalue weighted by molar-refractivity contribution is 0.182. The van der Waals surface area contributed by atoms with E-state index in [0.29, 0.717) is 18.5 Å². The van der Waals surface area contributed by atoms with E-state index in [-0.39, 0.29) is 17.2 Å². The van der Waals surface area contributed by atoms with Crippen LogP contribution in [0.25, 0.3) is 28.2 Å². The van der Waals surface area contributed by atoms with Gasteiger partial charge in [-0.25, -0.2) is 13.8 Å². The predicted octanol–water partition coefficient (Wildman–Crippen LogP) is 6.47. The highest BCUT2D eigenvalue weighted by Gasteiger charge is 2.14. The van der Waals surface area contributed by atoms with E-state index < -0.39 is 11.6 Å². The summed E-state index contributed by atoms with van der Waals surface area (Å²) in [6.45, 7) is 5.48. The van der Waals surface area contributed by atoms with E-state index in [1.165, 1.54) is 0 Å². The van der Waals surface area contributed by atoms with Crippen LogP contribution < -0.4 is 0 Å². The second-order valence-electron chi connectivity index (χ2n) is 7.23. The number of benzene rings is 2. The number of fused-ring (bicyclic) bond motifs is 1. The molecule has 0 radical (unpaired) electrons. The van der Waals surface area contributed by atoms with Gasteiger partial charge in [0.25, 0.3) is 0 Å². The molecule has 1 N–H and O–H groups in total. The molecule has 1 atom stereocenters. The minimum absolute atomic E-state index is 0.144. The molecule has 4 heteroatoms. The van der Waals surface area contributed by atoms with Crippen LogP contribution >= 0.6 is 0 Å². The number of unbranched alkanes of at least 4 members (excludes halogenated alkanes) is 1. The van der Waals surface area contributed by atoms with E-state index in [4.69, 9.17) is 0 Å². The van der Waals surface area contributed by atoms with Gasteiger partial charge in [0.15, 0.2) is 11.6 Å². The second kappa shape index (κ2) is 9.57. The summed E-state index contributed by atoms with van der Waals surface area (Å²) in [6, 6.07) is 12.6. The van der Waals surface area contributed by atoms with Gasteiger partial charge in [0.05, 0.1) is 17.3 Å². The number of rotatable bonds is 8. The van der Waals surface area contributed by atoms with Gasteiger partial charge in [-0.15, -0.1) is 6.58 Å². The smallest absolute Gasteiger partial charge is 0.168 e. The predicted molar refractivity (Wildman–Crippen MR) is 116 cm³/mol. The van der Waals surface area contributed by atoms with Gasteiger partial charge in [-0.2, -0.15) is 0 Å². The molecule has 0 amide bonds. The van der Waals surface area contributed by atoms with Crippen LogP contribution in [0.1, 0.15) is 37.3 Å². The fourth-order valence-electron chi connectivity index (χ4n) is 3.25. The molecule has 3 rings (SSSR count). The maximum absolute atomic E-state index is 14.7. The third-order valence-electron chi connectivity index (χ3n) is 4.81. The number of aliphatic hydroxyl groups excluding tert-OH is 1. The molecule has 1 unspecified atom stereocenters. The van der Waals surface area contributed by atoms with Crippen molar-refractivity contribution in [3.8, 4) is 11.3 Å². The summed E-state index contributed by atoms with van der Waals surface area (Å²) in [5.41, 5.74) is 2.61. The lowest BCUT2D eigenvalue weighted by atomic mass is 10.0. The Balaban J connectivity index is 1.83. The van der Waals surface area contributed by atoms with Crippen molar-refractivity contribution in [2.75, 3.05) is 0 Å². The molecule has 0 aliphatic rings. The van der Waals surface area contributed by atoms with Crippen molar-refractivity contribution in [2.45, 2.75) is 38.7 Å². The lowest BCUT2D eigenvalue weighted by Crippen LogP contribution is -1.97. The first-order chi connectivity index (χ1) is 14.0. The van der Waals surface area contributed by atoms with Crippen LogP contribution in [0.15, 0.2) is 61.2 Å². The monoisotopic (exact) mass is 393 g/mol. The molecular formula is C25H25F2NO. The first-order valence-electron chi connectivity index (χ1n) is 9.83. The van der Waals surface area contributed by atoms with Crippen LogP contribution in [0, 0.1) is 11.6 Å². The average molecular weight is 393 g/mol. The molecule has 0 saturated heterocycles. The van der Waals surface area contributed by atoms with Crippen LogP contribution in [0.4, 0.5) is 8.78 Å². The molecule has 2 aromatic carbocycles. The van der Waals surface area contributed by atoms with E-state index in [9.17, 15) is 13.9 Å². The van der Waals surface area contributed by atoms with Gasteiger partial charge in [-0.3, -0.25) is 0 Å². The van der Waals surface area contributed by atoms with Gasteiger partial charge in [-0.05, 0) is 62.4 Å². The van der Waals surface area contributed by atoms with E-state index in [2.05, 4.69) is 11.6 Å². The largest absolute Gasteiger partial charge is 0.393 e. The molecule has 0 spiro atoms. The first-order valence-corrected chi connectivity index (χ1v) is 9.83. The topological polar surface area (TPSA) is 33.1 Å². The molecule has 0 aliphatic heterocycles. The Bertz CT molecular complexity index is 1040. The molecule has 0 aliphatic carbocycles. The number of aliphatic hydroxyl groups is 1. The van der Waals surface area contributed by atoms with E-state index in [1.54, 1.807) is 37.3 Å². The normalized spacial score (nSPS) is 12.6. The Labute approximate surface area is 170 Å². The summed E-state index contributed by atoms with van der Waals surface area (Å²) >= 11 is 0. The van der Waals surface area contributed by atoms with E-state index in [1.807, 2.05) is 30.3 Å². The number of nitrogens with zero attached hydrogens (tertiary/aromatic N) is 1. The third kappa shape index (κ3) is 5.15. The van der Waals surface area contributed by atoms with Crippen LogP contribution in [-0.4, -0.2) is 16.2 Å². The Hall–Kier alpha value is -2.85. The molecule has 3 aromatic rings. The molecule has 1 aromatic heterocycles. The highest BCUT2D eigenvalue weighted by Crippen LogP contribution is 2.28. The number of allylic oxidation sites excluding steroid dienone is 2. The van der Waals surface area contributed by atoms with Gasteiger partial charge in [-0.1, -0.05) is 36.4 Å². The summed E-state index contributed by atoms with van der Waals surface area (Å²) in [6.07, 6.45) is 7.83. The van der Waals surface area contributed by atoms with Crippen LogP contribution in [0.5, 0.6) is 0 Å². The summed E-state index contributed by atoms with van der Waals surface area (Å²) in [5, 5.41) is 10.2. The minimum atomic E-state index is -0.897. The second-order valence-corrected chi connectivity index (χ2v) is 7.23. The Morgan fingerprint density at radius 3 is 2.69 bits per heavy atom. The zero-order valence-electron chi connectivity index (χ0n) is 16.5. The molecule has 1 heterocycles. The average Bonchev–Trinajstić information content (AvgIpc) is 2.70. The van der Waals surface area contributed by atoms with Crippen LogP contribution in [0.2, 0.25) is 0 Å². The van der Waals surface area contributed by atoms with Crippen LogP contribution in [-0.2, 0) is 6.42 Å². The van der Waals surface area contributed by atoms with E-state index >= 15 is 0 Å². The van der Waals surface area contributed by atoms with Crippen molar-refractivity contribution in [1.82, 2.24) is 4.98 Å². The standard InChI is InChI=1S/C25H25F2NO/c1-3-7-18-10-14-22-20(16-18)12-15-23(28-22)21-13-11-19(24(26)25(21)27)9-6-4-5-8-17(2)29/h3,6,9-17,29H,1,4-5,7-8H2,2H3/b9-6+. The fourth-order valence-corrected chi connectivity index (χ4v) is 3.25. The molecule has 150 valence electrons. The third-order valence-corrected chi connectivity index (χ3v) is 4.81. The van der Waals surface area contributed by atoms with Crippen molar-refractivity contribution in [1.29, 1.82) is 0 Å². The molecule has 0 fully saturated rings. The lowest BCUT2D eigenvalue weighted by Gasteiger charge is -2.08. The molecular weight excluding hydrogens is 368 g/mol. The van der Waals surface area contributed by atoms with Crippen molar-refractivity contribution in [2.24, 2.45) is 0 Å². The quantitative estimate of drug-likeness (QED) is 0.351. The maximum Gasteiger partial charge on any atom is 0.168 e. The van der Waals surface area contributed by atoms with Crippen molar-refractivity contribution in [3.63, 3.8) is 0 Å². The zero-order valence-corrected chi connectivity index (χ0v) is 16.5. The van der Waals surface area contributed by atoms with Gasteiger partial charge >= 0.3 is 0 Å². The first kappa shape index (κ1) is 20.9. The van der Waals surface area contributed by atoms with E-state index in [0.717, 1.165) is 29.3 Å². The van der Waals surface area contributed by atoms with Crippen molar-refractivity contribution in [3.05, 3.63) is 84.0 Å². The summed E-state index contributed by atoms with van der Waals surface area (Å²) in [4.78, 5) is 4.51. The highest BCUT2D eigenvalue weighted by atomic mass is 19.2. The number of hydrogen-bond acceptors (Lipinski definition) is 2. The van der Waals surface area contributed by atoms with Gasteiger partial charge in [0, 0.05) is 16.5 Å². The van der Waals surface area contributed by atoms with Crippen LogP contribution in [0.3, 0.4) is 0 Å². The molecule has 29 heavy (non-hydrogen) atoms. The summed E-state index contributed by atoms with van der Waals surface area (Å²) in [7, 11) is 0.